The minimum Gasteiger partial charge on any atom is -0.374 e. The van der Waals surface area contributed by atoms with E-state index in [2.05, 4.69) is 24.3 Å². The zero-order chi connectivity index (χ0) is 13.7. The predicted molar refractivity (Wildman–Crippen MR) is 78.4 cm³/mol. The molecule has 2 saturated heterocycles. The van der Waals surface area contributed by atoms with Crippen molar-refractivity contribution < 1.29 is 4.74 Å². The summed E-state index contributed by atoms with van der Waals surface area (Å²) in [5.41, 5.74) is 8.60. The van der Waals surface area contributed by atoms with Crippen molar-refractivity contribution in [3.05, 3.63) is 30.0 Å². The zero-order valence-electron chi connectivity index (χ0n) is 11.9. The Kier molecular flexibility index (Phi) is 2.66. The molecule has 0 aliphatic carbocycles. The number of hydrogen-bond acceptors (Lipinski definition) is 3. The highest BCUT2D eigenvalue weighted by Crippen LogP contribution is 2.49. The summed E-state index contributed by atoms with van der Waals surface area (Å²) >= 11 is 0. The minimum absolute atomic E-state index is 0.0973. The summed E-state index contributed by atoms with van der Waals surface area (Å²) in [4.78, 5) is 0. The van der Waals surface area contributed by atoms with Gasteiger partial charge < -0.3 is 10.5 Å². The maximum absolute atomic E-state index is 6.14. The summed E-state index contributed by atoms with van der Waals surface area (Å²) in [6.45, 7) is 0.694. The molecule has 0 spiro atoms. The second-order valence-corrected chi connectivity index (χ2v) is 6.36. The number of nitrogens with zero attached hydrogens (tertiary/aromatic N) is 2. The van der Waals surface area contributed by atoms with Crippen LogP contribution in [-0.2, 0) is 18.2 Å². The van der Waals surface area contributed by atoms with E-state index in [1.165, 1.54) is 23.0 Å². The van der Waals surface area contributed by atoms with Crippen LogP contribution in [0.25, 0.3) is 10.9 Å². The number of nitrogens with two attached hydrogens (primary N) is 1. The zero-order valence-corrected chi connectivity index (χ0v) is 11.9. The van der Waals surface area contributed by atoms with Gasteiger partial charge in [-0.3, -0.25) is 4.68 Å². The number of benzene rings is 1. The predicted octanol–water partition coefficient (Wildman–Crippen LogP) is 2.01. The molecule has 2 bridgehead atoms. The van der Waals surface area contributed by atoms with E-state index in [-0.39, 0.29) is 5.41 Å². The first-order chi connectivity index (χ1) is 9.72. The SMILES string of the molecule is Cn1nc(CC2(CN)CC3CCC2O3)c2ccccc21. The summed E-state index contributed by atoms with van der Waals surface area (Å²) in [6.07, 6.45) is 5.16. The van der Waals surface area contributed by atoms with Crippen LogP contribution in [0, 0.1) is 5.41 Å². The van der Waals surface area contributed by atoms with Gasteiger partial charge in [0.1, 0.15) is 0 Å². The van der Waals surface area contributed by atoms with Gasteiger partial charge in [0.05, 0.1) is 23.4 Å². The fourth-order valence-corrected chi connectivity index (χ4v) is 4.12. The van der Waals surface area contributed by atoms with Crippen molar-refractivity contribution in [1.82, 2.24) is 9.78 Å². The number of rotatable bonds is 3. The van der Waals surface area contributed by atoms with Crippen molar-refractivity contribution in [1.29, 1.82) is 0 Å². The molecule has 0 radical (unpaired) electrons. The average molecular weight is 271 g/mol. The number of aryl methyl sites for hydroxylation is 1. The molecule has 3 unspecified atom stereocenters. The summed E-state index contributed by atoms with van der Waals surface area (Å²) < 4.78 is 8.03. The van der Waals surface area contributed by atoms with Gasteiger partial charge >= 0.3 is 0 Å². The highest BCUT2D eigenvalue weighted by atomic mass is 16.5. The molecule has 0 saturated carbocycles. The molecule has 20 heavy (non-hydrogen) atoms. The first-order valence-electron chi connectivity index (χ1n) is 7.48. The number of ether oxygens (including phenoxy) is 1. The number of fused-ring (bicyclic) bond motifs is 3. The van der Waals surface area contributed by atoms with Gasteiger partial charge in [0.25, 0.3) is 0 Å². The molecule has 1 aromatic carbocycles. The highest BCUT2D eigenvalue weighted by molar-refractivity contribution is 5.81. The van der Waals surface area contributed by atoms with Gasteiger partial charge in [0.2, 0.25) is 0 Å². The van der Waals surface area contributed by atoms with Crippen LogP contribution >= 0.6 is 0 Å². The lowest BCUT2D eigenvalue weighted by atomic mass is 9.71. The van der Waals surface area contributed by atoms with Crippen molar-refractivity contribution in [3.63, 3.8) is 0 Å². The molecule has 3 heterocycles. The van der Waals surface area contributed by atoms with E-state index in [0.717, 1.165) is 19.3 Å². The molecule has 2 fully saturated rings. The smallest absolute Gasteiger partial charge is 0.0710 e. The average Bonchev–Trinajstić information content (AvgIpc) is 3.14. The maximum Gasteiger partial charge on any atom is 0.0710 e. The molecule has 4 heteroatoms. The first kappa shape index (κ1) is 12.4. The molecule has 4 nitrogen and oxygen atoms in total. The van der Waals surface area contributed by atoms with Gasteiger partial charge in [-0.2, -0.15) is 5.10 Å². The third kappa shape index (κ3) is 1.64. The molecule has 2 aromatic rings. The van der Waals surface area contributed by atoms with E-state index in [4.69, 9.17) is 15.6 Å². The van der Waals surface area contributed by atoms with Crippen molar-refractivity contribution in [2.45, 2.75) is 37.9 Å². The van der Waals surface area contributed by atoms with Gasteiger partial charge in [-0.15, -0.1) is 0 Å². The molecular formula is C16H21N3O. The second kappa shape index (κ2) is 4.30. The Hall–Kier alpha value is -1.39. The van der Waals surface area contributed by atoms with Crippen molar-refractivity contribution >= 4 is 10.9 Å². The van der Waals surface area contributed by atoms with Crippen LogP contribution < -0.4 is 5.73 Å². The van der Waals surface area contributed by atoms with Crippen LogP contribution in [0.5, 0.6) is 0 Å². The second-order valence-electron chi connectivity index (χ2n) is 6.36. The van der Waals surface area contributed by atoms with Crippen LogP contribution in [-0.4, -0.2) is 28.5 Å². The summed E-state index contributed by atoms with van der Waals surface area (Å²) in [7, 11) is 2.01. The number of hydrogen-bond donors (Lipinski definition) is 1. The Morgan fingerprint density at radius 3 is 2.95 bits per heavy atom. The molecule has 3 atom stereocenters. The molecule has 0 amide bonds. The fourth-order valence-electron chi connectivity index (χ4n) is 4.12. The molecule has 4 rings (SSSR count). The van der Waals surface area contributed by atoms with Gasteiger partial charge in [-0.25, -0.2) is 0 Å². The molecular weight excluding hydrogens is 250 g/mol. The molecule has 2 aliphatic rings. The van der Waals surface area contributed by atoms with E-state index in [1.54, 1.807) is 0 Å². The van der Waals surface area contributed by atoms with E-state index < -0.39 is 0 Å². The van der Waals surface area contributed by atoms with Crippen LogP contribution in [0.15, 0.2) is 24.3 Å². The maximum atomic E-state index is 6.14. The number of aromatic nitrogens is 2. The highest BCUT2D eigenvalue weighted by Gasteiger charge is 2.51. The number of para-hydroxylation sites is 1. The monoisotopic (exact) mass is 271 g/mol. The molecule has 2 aliphatic heterocycles. The van der Waals surface area contributed by atoms with E-state index >= 15 is 0 Å². The lowest BCUT2D eigenvalue weighted by Crippen LogP contribution is -2.41. The Bertz CT molecular complexity index is 650. The summed E-state index contributed by atoms with van der Waals surface area (Å²) in [5.74, 6) is 0. The first-order valence-corrected chi connectivity index (χ1v) is 7.48. The van der Waals surface area contributed by atoms with Gasteiger partial charge in [-0.1, -0.05) is 18.2 Å². The molecule has 2 N–H and O–H groups in total. The summed E-state index contributed by atoms with van der Waals surface area (Å²) in [5, 5.41) is 5.99. The van der Waals surface area contributed by atoms with Crippen LogP contribution in [0.3, 0.4) is 0 Å². The van der Waals surface area contributed by atoms with Crippen LogP contribution in [0.2, 0.25) is 0 Å². The van der Waals surface area contributed by atoms with Gasteiger partial charge in [0, 0.05) is 30.8 Å². The van der Waals surface area contributed by atoms with Crippen molar-refractivity contribution in [2.24, 2.45) is 18.2 Å². The fraction of sp³-hybridized carbons (Fsp3) is 0.562. The van der Waals surface area contributed by atoms with Crippen LogP contribution in [0.1, 0.15) is 25.0 Å². The quantitative estimate of drug-likeness (QED) is 0.929. The van der Waals surface area contributed by atoms with Gasteiger partial charge in [0.15, 0.2) is 0 Å². The molecule has 106 valence electrons. The van der Waals surface area contributed by atoms with Crippen LogP contribution in [0.4, 0.5) is 0 Å². The lowest BCUT2D eigenvalue weighted by molar-refractivity contribution is 0.0633. The Morgan fingerprint density at radius 1 is 1.40 bits per heavy atom. The Labute approximate surface area is 118 Å². The Morgan fingerprint density at radius 2 is 2.25 bits per heavy atom. The standard InChI is InChI=1S/C16H21N3O/c1-19-14-5-3-2-4-12(14)13(18-19)9-16(10-17)8-11-6-7-15(16)20-11/h2-5,11,15H,6-10,17H2,1H3. The van der Waals surface area contributed by atoms with Crippen molar-refractivity contribution in [2.75, 3.05) is 6.54 Å². The largest absolute Gasteiger partial charge is 0.374 e. The summed E-state index contributed by atoms with van der Waals surface area (Å²) in [6, 6.07) is 8.43. The normalized spacial score (nSPS) is 32.3. The van der Waals surface area contributed by atoms with E-state index in [9.17, 15) is 0 Å². The van der Waals surface area contributed by atoms with E-state index in [1.807, 2.05) is 11.7 Å². The Balaban J connectivity index is 1.74. The topological polar surface area (TPSA) is 53.1 Å². The van der Waals surface area contributed by atoms with Gasteiger partial charge in [-0.05, 0) is 25.3 Å². The minimum atomic E-state index is 0.0973. The lowest BCUT2D eigenvalue weighted by Gasteiger charge is -2.33. The third-order valence-corrected chi connectivity index (χ3v) is 5.19. The van der Waals surface area contributed by atoms with Crippen molar-refractivity contribution in [3.8, 4) is 0 Å². The van der Waals surface area contributed by atoms with E-state index in [0.29, 0.717) is 18.8 Å². The molecule has 1 aromatic heterocycles. The third-order valence-electron chi connectivity index (χ3n) is 5.19.